The van der Waals surface area contributed by atoms with Crippen LogP contribution in [0, 0.1) is 0 Å². The van der Waals surface area contributed by atoms with Crippen LogP contribution in [0.25, 0.3) is 0 Å². The van der Waals surface area contributed by atoms with Crippen LogP contribution in [0.2, 0.25) is 5.02 Å². The maximum atomic E-state index is 13.4. The summed E-state index contributed by atoms with van der Waals surface area (Å²) in [5.74, 6) is -1.62. The fourth-order valence-corrected chi connectivity index (χ4v) is 4.94. The Bertz CT molecular complexity index is 1460. The van der Waals surface area contributed by atoms with Crippen LogP contribution in [-0.4, -0.2) is 38.6 Å². The lowest BCUT2D eigenvalue weighted by molar-refractivity contribution is -0.274. The van der Waals surface area contributed by atoms with Gasteiger partial charge in [0.1, 0.15) is 11.5 Å². The van der Waals surface area contributed by atoms with Gasteiger partial charge in [-0.15, -0.1) is 13.2 Å². The van der Waals surface area contributed by atoms with Gasteiger partial charge in [0, 0.05) is 24.5 Å². The zero-order valence-electron chi connectivity index (χ0n) is 19.9. The van der Waals surface area contributed by atoms with Gasteiger partial charge >= 0.3 is 6.36 Å². The van der Waals surface area contributed by atoms with Crippen molar-refractivity contribution in [1.29, 1.82) is 0 Å². The number of allylic oxidation sites excluding steroid dienone is 4. The summed E-state index contributed by atoms with van der Waals surface area (Å²) >= 11 is 6.19. The molecule has 38 heavy (non-hydrogen) atoms. The molecule has 0 aliphatic heterocycles. The number of aliphatic hydroxyl groups is 1. The van der Waals surface area contributed by atoms with Crippen LogP contribution in [0.4, 0.5) is 18.9 Å². The van der Waals surface area contributed by atoms with E-state index < -0.39 is 38.6 Å². The number of nitrogens with one attached hydrogen (secondary N) is 1. The highest BCUT2D eigenvalue weighted by molar-refractivity contribution is 7.92. The number of sulfonamides is 1. The van der Waals surface area contributed by atoms with Crippen molar-refractivity contribution in [3.8, 4) is 5.75 Å². The molecule has 0 saturated carbocycles. The smallest absolute Gasteiger partial charge is 0.512 e. The average molecular weight is 572 g/mol. The van der Waals surface area contributed by atoms with Gasteiger partial charge in [0.15, 0.2) is 11.6 Å². The fourth-order valence-electron chi connectivity index (χ4n) is 3.58. The first-order valence-electron chi connectivity index (χ1n) is 10.8. The number of alkyl halides is 3. The molecule has 1 aliphatic rings. The zero-order chi connectivity index (χ0) is 28.3. The molecule has 0 spiro atoms. The van der Waals surface area contributed by atoms with Crippen molar-refractivity contribution >= 4 is 38.9 Å². The fraction of sp³-hybridized carbons (Fsp3) is 0.200. The molecule has 202 valence electrons. The summed E-state index contributed by atoms with van der Waals surface area (Å²) in [5, 5.41) is 9.79. The van der Waals surface area contributed by atoms with Gasteiger partial charge in [0.05, 0.1) is 34.0 Å². The first-order valence-corrected chi connectivity index (χ1v) is 12.7. The molecule has 0 amide bonds. The van der Waals surface area contributed by atoms with E-state index in [-0.39, 0.29) is 46.2 Å². The van der Waals surface area contributed by atoms with Crippen molar-refractivity contribution in [1.82, 2.24) is 0 Å². The highest BCUT2D eigenvalue weighted by Gasteiger charge is 2.31. The molecular formula is C25H21ClF3NO7S. The molecule has 0 radical (unpaired) electrons. The van der Waals surface area contributed by atoms with Crippen molar-refractivity contribution < 1.29 is 45.8 Å². The summed E-state index contributed by atoms with van der Waals surface area (Å²) in [7, 11) is -3.05. The predicted octanol–water partition coefficient (Wildman–Crippen LogP) is 6.12. The van der Waals surface area contributed by atoms with Gasteiger partial charge in [-0.05, 0) is 55.0 Å². The quantitative estimate of drug-likeness (QED) is 0.348. The summed E-state index contributed by atoms with van der Waals surface area (Å²) in [5.41, 5.74) is -0.334. The maximum Gasteiger partial charge on any atom is 0.573 e. The molecule has 0 aromatic heterocycles. The number of carbonyl (C=O) groups is 2. The molecular weight excluding hydrogens is 551 g/mol. The number of Topliss-reactive ketones (excluding diaryl/α,β-unsaturated/α-hetero) is 2. The number of aliphatic hydroxyl groups excluding tert-OH is 1. The Morgan fingerprint density at radius 2 is 1.74 bits per heavy atom. The Labute approximate surface area is 221 Å². The maximum absolute atomic E-state index is 13.4. The lowest BCUT2D eigenvalue weighted by atomic mass is 9.94. The van der Waals surface area contributed by atoms with Gasteiger partial charge in [-0.2, -0.15) is 0 Å². The molecule has 2 aromatic rings. The molecule has 8 nitrogen and oxygen atoms in total. The first-order chi connectivity index (χ1) is 17.7. The second kappa shape index (κ2) is 11.3. The molecule has 0 fully saturated rings. The number of benzene rings is 2. The van der Waals surface area contributed by atoms with Gasteiger partial charge in [0.2, 0.25) is 0 Å². The first kappa shape index (κ1) is 28.8. The molecule has 0 unspecified atom stereocenters. The summed E-state index contributed by atoms with van der Waals surface area (Å²) in [6, 6.07) is 5.85. The topological polar surface area (TPSA) is 119 Å². The molecule has 2 aromatic carbocycles. The van der Waals surface area contributed by atoms with E-state index in [0.29, 0.717) is 5.57 Å². The van der Waals surface area contributed by atoms with E-state index in [2.05, 4.69) is 9.46 Å². The van der Waals surface area contributed by atoms with Crippen LogP contribution in [0.5, 0.6) is 5.75 Å². The number of carbonyl (C=O) groups excluding carboxylic acids is 2. The number of methoxy groups -OCH3 is 1. The largest absolute Gasteiger partial charge is 0.573 e. The van der Waals surface area contributed by atoms with Crippen molar-refractivity contribution in [2.45, 2.75) is 31.0 Å². The predicted molar refractivity (Wildman–Crippen MR) is 133 cm³/mol. The Kier molecular flexibility index (Phi) is 8.58. The Hall–Kier alpha value is -3.77. The molecule has 0 saturated heterocycles. The van der Waals surface area contributed by atoms with E-state index in [9.17, 15) is 36.3 Å². The number of halogens is 4. The Morgan fingerprint density at radius 3 is 2.32 bits per heavy atom. The van der Waals surface area contributed by atoms with E-state index in [4.69, 9.17) is 16.3 Å². The van der Waals surface area contributed by atoms with Gasteiger partial charge in [0.25, 0.3) is 10.0 Å². The van der Waals surface area contributed by atoms with Crippen molar-refractivity contribution in [3.63, 3.8) is 0 Å². The zero-order valence-corrected chi connectivity index (χ0v) is 21.5. The van der Waals surface area contributed by atoms with E-state index >= 15 is 0 Å². The second-order valence-electron chi connectivity index (χ2n) is 8.00. The van der Waals surface area contributed by atoms with Crippen LogP contribution in [0.1, 0.15) is 40.5 Å². The SMILES string of the molecule is COC1=CC(CC(=O)c2c(NS(=O)(=O)c3ccc(OC(F)(F)F)cc3)ccc(Cl)c2C(C)=O)=CCC(O)=C1. The standard InChI is InChI=1S/C25H21ClF3NO7S/c1-14(31)23-20(26)9-10-21(24(23)22(33)12-15-3-4-16(32)13-18(11-15)36-2)30-38(34,35)19-7-5-17(6-8-19)37-25(27,28)29/h3,5-11,13,30,32H,4,12H2,1-2H3. The third kappa shape index (κ3) is 7.17. The van der Waals surface area contributed by atoms with Crippen LogP contribution >= 0.6 is 11.6 Å². The number of rotatable bonds is 9. The minimum atomic E-state index is -4.96. The van der Waals surface area contributed by atoms with E-state index in [1.54, 1.807) is 6.08 Å². The molecule has 3 rings (SSSR count). The number of hydrogen-bond acceptors (Lipinski definition) is 7. The van der Waals surface area contributed by atoms with Gasteiger partial charge < -0.3 is 14.6 Å². The Morgan fingerprint density at radius 1 is 1.08 bits per heavy atom. The lowest BCUT2D eigenvalue weighted by Crippen LogP contribution is -2.19. The summed E-state index contributed by atoms with van der Waals surface area (Å²) < 4.78 is 74.4. The van der Waals surface area contributed by atoms with Crippen LogP contribution < -0.4 is 9.46 Å². The molecule has 0 bridgehead atoms. The van der Waals surface area contributed by atoms with Crippen molar-refractivity contribution in [2.24, 2.45) is 0 Å². The Balaban J connectivity index is 2.00. The van der Waals surface area contributed by atoms with E-state index in [0.717, 1.165) is 31.2 Å². The molecule has 2 N–H and O–H groups in total. The monoisotopic (exact) mass is 571 g/mol. The van der Waals surface area contributed by atoms with E-state index in [1.165, 1.54) is 31.4 Å². The highest BCUT2D eigenvalue weighted by atomic mass is 35.5. The minimum absolute atomic E-state index is 0.00664. The lowest BCUT2D eigenvalue weighted by Gasteiger charge is -2.16. The van der Waals surface area contributed by atoms with Crippen LogP contribution in [0.3, 0.4) is 0 Å². The minimum Gasteiger partial charge on any atom is -0.512 e. The van der Waals surface area contributed by atoms with Gasteiger partial charge in [-0.25, -0.2) is 8.42 Å². The molecule has 0 heterocycles. The number of ether oxygens (including phenoxy) is 2. The highest BCUT2D eigenvalue weighted by Crippen LogP contribution is 2.32. The third-order valence-electron chi connectivity index (χ3n) is 5.21. The van der Waals surface area contributed by atoms with E-state index in [1.807, 2.05) is 0 Å². The third-order valence-corrected chi connectivity index (χ3v) is 6.90. The van der Waals surface area contributed by atoms with Crippen LogP contribution in [-0.2, 0) is 14.8 Å². The average Bonchev–Trinajstić information content (AvgIpc) is 2.99. The summed E-state index contributed by atoms with van der Waals surface area (Å²) in [4.78, 5) is 25.4. The normalized spacial score (nSPS) is 14.0. The second-order valence-corrected chi connectivity index (χ2v) is 10.1. The molecule has 0 atom stereocenters. The summed E-state index contributed by atoms with van der Waals surface area (Å²) in [6.07, 6.45) is -0.697. The summed E-state index contributed by atoms with van der Waals surface area (Å²) in [6.45, 7) is 1.16. The molecule has 13 heteroatoms. The number of ketones is 2. The molecule has 1 aliphatic carbocycles. The van der Waals surface area contributed by atoms with Crippen molar-refractivity contribution in [2.75, 3.05) is 11.8 Å². The number of anilines is 1. The van der Waals surface area contributed by atoms with Gasteiger partial charge in [-0.3, -0.25) is 14.3 Å². The van der Waals surface area contributed by atoms with Crippen molar-refractivity contribution in [3.05, 3.63) is 87.9 Å². The number of hydrogen-bond donors (Lipinski definition) is 2. The van der Waals surface area contributed by atoms with Crippen LogP contribution in [0.15, 0.2) is 76.6 Å². The van der Waals surface area contributed by atoms with Gasteiger partial charge in [-0.1, -0.05) is 17.7 Å².